The van der Waals surface area contributed by atoms with Crippen molar-refractivity contribution in [3.05, 3.63) is 48.3 Å². The quantitative estimate of drug-likeness (QED) is 0.326. The number of nitrogens with two attached hydrogens (primary N) is 1. The molecule has 5 heteroatoms. The van der Waals surface area contributed by atoms with Crippen LogP contribution in [0.4, 0.5) is 11.4 Å². The number of benzene rings is 1. The SMILES string of the molecule is COC1=CC=CC/C1=[N+](/O)c1ccccc1[NH2+]O. The van der Waals surface area contributed by atoms with Gasteiger partial charge in [0.15, 0.2) is 5.76 Å². The summed E-state index contributed by atoms with van der Waals surface area (Å²) in [5.41, 5.74) is 2.65. The highest BCUT2D eigenvalue weighted by molar-refractivity contribution is 5.97. The average Bonchev–Trinajstić information content (AvgIpc) is 2.46. The van der Waals surface area contributed by atoms with E-state index < -0.39 is 0 Å². The molecule has 0 aromatic heterocycles. The van der Waals surface area contributed by atoms with Crippen LogP contribution in [0.1, 0.15) is 6.42 Å². The molecule has 1 aromatic carbocycles. The Hall–Kier alpha value is -2.11. The lowest BCUT2D eigenvalue weighted by molar-refractivity contribution is -0.830. The molecule has 0 saturated carbocycles. The predicted molar refractivity (Wildman–Crippen MR) is 65.4 cm³/mol. The minimum atomic E-state index is 0.508. The third-order valence-electron chi connectivity index (χ3n) is 2.76. The molecule has 0 saturated heterocycles. The van der Waals surface area contributed by atoms with Crippen molar-refractivity contribution in [2.75, 3.05) is 7.11 Å². The summed E-state index contributed by atoms with van der Waals surface area (Å²) in [6.45, 7) is 0. The summed E-state index contributed by atoms with van der Waals surface area (Å²) in [6.07, 6.45) is 6.15. The van der Waals surface area contributed by atoms with E-state index in [2.05, 4.69) is 0 Å². The molecule has 0 heterocycles. The number of nitrogens with zero attached hydrogens (tertiary/aromatic N) is 1. The van der Waals surface area contributed by atoms with E-state index in [0.717, 1.165) is 10.2 Å². The molecule has 0 radical (unpaired) electrons. The van der Waals surface area contributed by atoms with Gasteiger partial charge in [0.25, 0.3) is 5.71 Å². The van der Waals surface area contributed by atoms with Crippen molar-refractivity contribution >= 4 is 17.1 Å². The molecule has 1 aliphatic carbocycles. The summed E-state index contributed by atoms with van der Waals surface area (Å²) in [7, 11) is 1.56. The van der Waals surface area contributed by atoms with Crippen LogP contribution in [-0.2, 0) is 4.74 Å². The van der Waals surface area contributed by atoms with Crippen LogP contribution in [-0.4, -0.2) is 28.0 Å². The van der Waals surface area contributed by atoms with Gasteiger partial charge < -0.3 is 4.74 Å². The third kappa shape index (κ3) is 2.27. The van der Waals surface area contributed by atoms with Crippen molar-refractivity contribution in [3.63, 3.8) is 0 Å². The van der Waals surface area contributed by atoms with Gasteiger partial charge in [0.1, 0.15) is 0 Å². The van der Waals surface area contributed by atoms with Gasteiger partial charge >= 0.3 is 5.69 Å². The second-order valence-corrected chi connectivity index (χ2v) is 3.81. The maximum absolute atomic E-state index is 10.3. The van der Waals surface area contributed by atoms with E-state index in [1.807, 2.05) is 12.2 Å². The molecule has 0 unspecified atom stereocenters. The van der Waals surface area contributed by atoms with Crippen LogP contribution in [0.2, 0.25) is 0 Å². The van der Waals surface area contributed by atoms with Crippen molar-refractivity contribution in [1.82, 2.24) is 0 Å². The molecule has 5 nitrogen and oxygen atoms in total. The van der Waals surface area contributed by atoms with Crippen LogP contribution in [0, 0.1) is 0 Å². The Bertz CT molecular complexity index is 533. The Balaban J connectivity index is 2.49. The first kappa shape index (κ1) is 12.3. The monoisotopic (exact) mass is 248 g/mol. The van der Waals surface area contributed by atoms with Gasteiger partial charge in [0.2, 0.25) is 5.69 Å². The lowest BCUT2D eigenvalue weighted by Crippen LogP contribution is -2.73. The Labute approximate surface area is 105 Å². The summed E-state index contributed by atoms with van der Waals surface area (Å²) in [5.74, 6) is 0.604. The molecule has 0 spiro atoms. The topological polar surface area (TPSA) is 69.3 Å². The van der Waals surface area contributed by atoms with E-state index in [1.54, 1.807) is 37.5 Å². The molecule has 0 fully saturated rings. The molecule has 18 heavy (non-hydrogen) atoms. The number of allylic oxidation sites excluding steroid dienone is 4. The maximum Gasteiger partial charge on any atom is 0.320 e. The zero-order chi connectivity index (χ0) is 13.0. The van der Waals surface area contributed by atoms with Crippen LogP contribution in [0.3, 0.4) is 0 Å². The Morgan fingerprint density at radius 2 is 2.11 bits per heavy atom. The number of hydrogen-bond donors (Lipinski definition) is 3. The van der Waals surface area contributed by atoms with E-state index in [4.69, 9.17) is 9.94 Å². The molecule has 1 aliphatic rings. The van der Waals surface area contributed by atoms with Gasteiger partial charge in [0, 0.05) is 16.9 Å². The second kappa shape index (κ2) is 5.48. The predicted octanol–water partition coefficient (Wildman–Crippen LogP) is 1.24. The number of quaternary nitrogens is 1. The Morgan fingerprint density at radius 3 is 2.83 bits per heavy atom. The fourth-order valence-electron chi connectivity index (χ4n) is 1.84. The van der Waals surface area contributed by atoms with Crippen molar-refractivity contribution in [1.29, 1.82) is 0 Å². The number of methoxy groups -OCH3 is 1. The summed E-state index contributed by atoms with van der Waals surface area (Å²) < 4.78 is 6.26. The molecule has 0 aliphatic heterocycles. The van der Waals surface area contributed by atoms with E-state index >= 15 is 0 Å². The van der Waals surface area contributed by atoms with Gasteiger partial charge in [0.05, 0.1) is 13.5 Å². The molecule has 0 atom stereocenters. The highest BCUT2D eigenvalue weighted by atomic mass is 16.5. The summed E-state index contributed by atoms with van der Waals surface area (Å²) >= 11 is 0. The molecule has 0 bridgehead atoms. The van der Waals surface area contributed by atoms with E-state index in [0.29, 0.717) is 29.3 Å². The largest absolute Gasteiger partial charge is 0.490 e. The number of ether oxygens (including phenoxy) is 1. The smallest absolute Gasteiger partial charge is 0.320 e. The average molecular weight is 248 g/mol. The van der Waals surface area contributed by atoms with Crippen molar-refractivity contribution < 1.29 is 25.4 Å². The van der Waals surface area contributed by atoms with Crippen LogP contribution in [0.5, 0.6) is 0 Å². The van der Waals surface area contributed by atoms with Crippen LogP contribution in [0.25, 0.3) is 0 Å². The van der Waals surface area contributed by atoms with Crippen LogP contribution >= 0.6 is 0 Å². The van der Waals surface area contributed by atoms with Crippen molar-refractivity contribution in [2.45, 2.75) is 6.42 Å². The van der Waals surface area contributed by atoms with Crippen molar-refractivity contribution in [2.24, 2.45) is 0 Å². The number of para-hydroxylation sites is 2. The molecular weight excluding hydrogens is 232 g/mol. The molecule has 1 aromatic rings. The fraction of sp³-hybridized carbons (Fsp3) is 0.154. The minimum Gasteiger partial charge on any atom is -0.490 e. The fourth-order valence-corrected chi connectivity index (χ4v) is 1.84. The van der Waals surface area contributed by atoms with Gasteiger partial charge in [-0.05, 0) is 6.08 Å². The van der Waals surface area contributed by atoms with E-state index in [9.17, 15) is 5.21 Å². The second-order valence-electron chi connectivity index (χ2n) is 3.81. The standard InChI is InChI=1S/C13H15N2O3/c1-18-13-9-5-4-8-12(13)15(17)11-7-3-2-6-10(11)14-16/h2-7,9,14,16-17H,8H2,1H3/q+1/p+1/b15-12-. The maximum atomic E-state index is 10.3. The molecular formula is C13H16N2O3+2. The molecule has 4 N–H and O–H groups in total. The first-order chi connectivity index (χ1) is 8.77. The van der Waals surface area contributed by atoms with Crippen molar-refractivity contribution in [3.8, 4) is 0 Å². The minimum absolute atomic E-state index is 0.508. The van der Waals surface area contributed by atoms with Gasteiger partial charge in [-0.3, -0.25) is 5.21 Å². The first-order valence-corrected chi connectivity index (χ1v) is 5.60. The molecule has 94 valence electrons. The summed E-state index contributed by atoms with van der Waals surface area (Å²) in [6, 6.07) is 7.02. The third-order valence-corrected chi connectivity index (χ3v) is 2.76. The van der Waals surface area contributed by atoms with E-state index in [-0.39, 0.29) is 0 Å². The van der Waals surface area contributed by atoms with Gasteiger partial charge in [-0.1, -0.05) is 24.3 Å². The highest BCUT2D eigenvalue weighted by Crippen LogP contribution is 2.21. The molecule has 0 amide bonds. The molecule has 2 rings (SSSR count). The van der Waals surface area contributed by atoms with Gasteiger partial charge in [-0.15, -0.1) is 0 Å². The summed E-state index contributed by atoms with van der Waals surface area (Å²) in [5, 5.41) is 19.4. The van der Waals surface area contributed by atoms with Crippen LogP contribution < -0.4 is 5.48 Å². The summed E-state index contributed by atoms with van der Waals surface area (Å²) in [4.78, 5) is 0. The van der Waals surface area contributed by atoms with E-state index in [1.165, 1.54) is 0 Å². The Kier molecular flexibility index (Phi) is 3.76. The zero-order valence-corrected chi connectivity index (χ0v) is 10.1. The van der Waals surface area contributed by atoms with Crippen LogP contribution in [0.15, 0.2) is 48.3 Å². The first-order valence-electron chi connectivity index (χ1n) is 5.60. The lowest BCUT2D eigenvalue weighted by Gasteiger charge is -2.07. The number of rotatable bonds is 3. The normalized spacial score (nSPS) is 17.3. The van der Waals surface area contributed by atoms with Gasteiger partial charge in [-0.2, -0.15) is 5.48 Å². The van der Waals surface area contributed by atoms with Gasteiger partial charge in [-0.25, -0.2) is 5.21 Å². The lowest BCUT2D eigenvalue weighted by atomic mass is 10.1. The Morgan fingerprint density at radius 1 is 1.33 bits per heavy atom. The highest BCUT2D eigenvalue weighted by Gasteiger charge is 2.27. The zero-order valence-electron chi connectivity index (χ0n) is 10.1. The number of hydrogen-bond acceptors (Lipinski definition) is 3.